The van der Waals surface area contributed by atoms with Crippen LogP contribution in [0.25, 0.3) is 11.6 Å². The molecule has 0 heterocycles. The Morgan fingerprint density at radius 1 is 0.706 bits per heavy atom. The van der Waals surface area contributed by atoms with Crippen LogP contribution in [0.3, 0.4) is 0 Å². The molecular formula is C30H36F4. The molecule has 0 amide bonds. The van der Waals surface area contributed by atoms with Crippen molar-refractivity contribution in [1.82, 2.24) is 0 Å². The topological polar surface area (TPSA) is 0 Å². The summed E-state index contributed by atoms with van der Waals surface area (Å²) in [6.45, 7) is 2.24. The fraction of sp³-hybridized carbons (Fsp3) is 0.533. The van der Waals surface area contributed by atoms with Gasteiger partial charge in [0, 0.05) is 5.56 Å². The monoisotopic (exact) mass is 472 g/mol. The zero-order valence-electron chi connectivity index (χ0n) is 20.2. The molecule has 0 nitrogen and oxygen atoms in total. The van der Waals surface area contributed by atoms with Crippen molar-refractivity contribution >= 4 is 11.6 Å². The minimum absolute atomic E-state index is 0.0756. The number of unbranched alkanes of at least 4 members (excludes halogenated alkanes) is 6. The van der Waals surface area contributed by atoms with E-state index in [1.165, 1.54) is 63.5 Å². The first-order valence-electron chi connectivity index (χ1n) is 13.1. The summed E-state index contributed by atoms with van der Waals surface area (Å²) in [6, 6.07) is 5.16. The first-order valence-corrected chi connectivity index (χ1v) is 13.1. The zero-order chi connectivity index (χ0) is 24.1. The van der Waals surface area contributed by atoms with Gasteiger partial charge in [-0.2, -0.15) is 0 Å². The highest BCUT2D eigenvalue weighted by molar-refractivity contribution is 5.89. The van der Waals surface area contributed by atoms with Crippen LogP contribution in [-0.2, 0) is 6.42 Å². The molecule has 0 N–H and O–H groups in total. The molecule has 1 fully saturated rings. The van der Waals surface area contributed by atoms with E-state index < -0.39 is 23.3 Å². The maximum absolute atomic E-state index is 15.1. The van der Waals surface area contributed by atoms with Gasteiger partial charge < -0.3 is 0 Å². The van der Waals surface area contributed by atoms with Crippen LogP contribution in [0, 0.1) is 29.2 Å². The molecule has 184 valence electrons. The number of benzene rings is 2. The second-order valence-corrected chi connectivity index (χ2v) is 10.3. The maximum Gasteiger partial charge on any atom is 0.159 e. The van der Waals surface area contributed by atoms with Gasteiger partial charge in [-0.15, -0.1) is 0 Å². The van der Waals surface area contributed by atoms with Gasteiger partial charge in [-0.3, -0.25) is 0 Å². The lowest BCUT2D eigenvalue weighted by Crippen LogP contribution is -2.14. The second-order valence-electron chi connectivity index (χ2n) is 10.3. The van der Waals surface area contributed by atoms with Crippen molar-refractivity contribution in [3.05, 3.63) is 69.8 Å². The smallest absolute Gasteiger partial charge is 0.159 e. The summed E-state index contributed by atoms with van der Waals surface area (Å²) in [7, 11) is 0. The van der Waals surface area contributed by atoms with Crippen LogP contribution in [0.5, 0.6) is 0 Å². The standard InChI is InChI=1S/C30H36F4/c1-2-3-4-5-6-7-8-9-20-10-12-21(13-11-20)24-18-28(33)30(29(34)19-24)25-14-22-16-26(31)27(32)17-23(22)15-25/h14,16-21H,2-13,15H2,1H3. The number of hydrogen-bond acceptors (Lipinski definition) is 0. The van der Waals surface area contributed by atoms with E-state index in [4.69, 9.17) is 0 Å². The van der Waals surface area contributed by atoms with Crippen LogP contribution in [0.4, 0.5) is 17.6 Å². The molecule has 34 heavy (non-hydrogen) atoms. The number of hydrogen-bond donors (Lipinski definition) is 0. The van der Waals surface area contributed by atoms with E-state index in [0.29, 0.717) is 16.7 Å². The fourth-order valence-electron chi connectivity index (χ4n) is 5.81. The molecule has 0 aliphatic heterocycles. The van der Waals surface area contributed by atoms with E-state index in [0.717, 1.165) is 49.3 Å². The molecule has 2 aromatic carbocycles. The van der Waals surface area contributed by atoms with Crippen LogP contribution in [0.2, 0.25) is 0 Å². The maximum atomic E-state index is 15.1. The molecule has 2 aliphatic rings. The summed E-state index contributed by atoms with van der Waals surface area (Å²) in [5.74, 6) is -2.12. The van der Waals surface area contributed by atoms with Gasteiger partial charge in [0.25, 0.3) is 0 Å². The molecule has 2 aromatic rings. The number of rotatable bonds is 10. The van der Waals surface area contributed by atoms with Crippen molar-refractivity contribution in [1.29, 1.82) is 0 Å². The molecule has 0 spiro atoms. The zero-order valence-corrected chi connectivity index (χ0v) is 20.2. The molecule has 4 heteroatoms. The first kappa shape index (κ1) is 25.0. The Morgan fingerprint density at radius 2 is 1.32 bits per heavy atom. The SMILES string of the molecule is CCCCCCCCCC1CCC(c2cc(F)c(C3=Cc4cc(F)c(F)cc4C3)c(F)c2)CC1. The van der Waals surface area contributed by atoms with Crippen molar-refractivity contribution in [2.24, 2.45) is 5.92 Å². The average molecular weight is 473 g/mol. The Morgan fingerprint density at radius 3 is 2.00 bits per heavy atom. The molecule has 2 aliphatic carbocycles. The number of halogens is 4. The van der Waals surface area contributed by atoms with Crippen LogP contribution in [0.1, 0.15) is 112 Å². The highest BCUT2D eigenvalue weighted by Crippen LogP contribution is 2.40. The Labute approximate surface area is 201 Å². The minimum Gasteiger partial charge on any atom is -0.206 e. The number of allylic oxidation sites excluding steroid dienone is 1. The van der Waals surface area contributed by atoms with Gasteiger partial charge in [-0.05, 0) is 90.5 Å². The van der Waals surface area contributed by atoms with E-state index >= 15 is 8.78 Å². The fourth-order valence-corrected chi connectivity index (χ4v) is 5.81. The third-order valence-electron chi connectivity index (χ3n) is 7.81. The molecule has 0 bridgehead atoms. The Kier molecular flexibility index (Phi) is 8.50. The first-order chi connectivity index (χ1) is 16.5. The Balaban J connectivity index is 1.32. The second kappa shape index (κ2) is 11.6. The quantitative estimate of drug-likeness (QED) is 0.238. The summed E-state index contributed by atoms with van der Waals surface area (Å²) in [5.41, 5.74) is 2.13. The lowest BCUT2D eigenvalue weighted by atomic mass is 9.76. The average Bonchev–Trinajstić information content (AvgIpc) is 3.20. The van der Waals surface area contributed by atoms with Gasteiger partial charge in [-0.1, -0.05) is 64.4 Å². The predicted octanol–water partition coefficient (Wildman–Crippen LogP) is 9.75. The lowest BCUT2D eigenvalue weighted by Gasteiger charge is -2.29. The van der Waals surface area contributed by atoms with E-state index in [1.807, 2.05) is 0 Å². The highest BCUT2D eigenvalue weighted by atomic mass is 19.2. The summed E-state index contributed by atoms with van der Waals surface area (Å²) in [4.78, 5) is 0. The van der Waals surface area contributed by atoms with E-state index in [1.54, 1.807) is 6.08 Å². The molecule has 0 saturated heterocycles. The Hall–Kier alpha value is -2.10. The molecule has 0 atom stereocenters. The van der Waals surface area contributed by atoms with Crippen LogP contribution < -0.4 is 0 Å². The lowest BCUT2D eigenvalue weighted by molar-refractivity contribution is 0.301. The third-order valence-corrected chi connectivity index (χ3v) is 7.81. The van der Waals surface area contributed by atoms with E-state index in [9.17, 15) is 8.78 Å². The van der Waals surface area contributed by atoms with Gasteiger partial charge >= 0.3 is 0 Å². The van der Waals surface area contributed by atoms with E-state index in [-0.39, 0.29) is 17.9 Å². The molecule has 0 unspecified atom stereocenters. The summed E-state index contributed by atoms with van der Waals surface area (Å²) < 4.78 is 57.2. The van der Waals surface area contributed by atoms with Crippen molar-refractivity contribution in [2.45, 2.75) is 96.3 Å². The molecular weight excluding hydrogens is 436 g/mol. The van der Waals surface area contributed by atoms with Gasteiger partial charge in [0.05, 0.1) is 0 Å². The van der Waals surface area contributed by atoms with Gasteiger partial charge in [-0.25, -0.2) is 17.6 Å². The van der Waals surface area contributed by atoms with Crippen molar-refractivity contribution in [3.63, 3.8) is 0 Å². The van der Waals surface area contributed by atoms with Crippen LogP contribution in [-0.4, -0.2) is 0 Å². The summed E-state index contributed by atoms with van der Waals surface area (Å²) in [6.07, 6.45) is 16.5. The summed E-state index contributed by atoms with van der Waals surface area (Å²) >= 11 is 0. The Bertz CT molecular complexity index is 992. The van der Waals surface area contributed by atoms with E-state index in [2.05, 4.69) is 6.92 Å². The van der Waals surface area contributed by atoms with Gasteiger partial charge in [0.2, 0.25) is 0 Å². The molecule has 4 rings (SSSR count). The molecule has 1 saturated carbocycles. The molecule has 0 aromatic heterocycles. The highest BCUT2D eigenvalue weighted by Gasteiger charge is 2.26. The third kappa shape index (κ3) is 5.93. The van der Waals surface area contributed by atoms with Gasteiger partial charge in [0.15, 0.2) is 11.6 Å². The van der Waals surface area contributed by atoms with Gasteiger partial charge in [0.1, 0.15) is 11.6 Å². The normalized spacial score (nSPS) is 19.9. The predicted molar refractivity (Wildman–Crippen MR) is 132 cm³/mol. The van der Waals surface area contributed by atoms with Crippen LogP contribution >= 0.6 is 0 Å². The van der Waals surface area contributed by atoms with Crippen LogP contribution in [0.15, 0.2) is 24.3 Å². The summed E-state index contributed by atoms with van der Waals surface area (Å²) in [5, 5.41) is 0. The molecule has 0 radical (unpaired) electrons. The van der Waals surface area contributed by atoms with Crippen molar-refractivity contribution < 1.29 is 17.6 Å². The largest absolute Gasteiger partial charge is 0.206 e. The number of fused-ring (bicyclic) bond motifs is 1. The minimum atomic E-state index is -0.949. The van der Waals surface area contributed by atoms with Crippen molar-refractivity contribution in [2.75, 3.05) is 0 Å². The van der Waals surface area contributed by atoms with Crippen molar-refractivity contribution in [3.8, 4) is 0 Å².